The van der Waals surface area contributed by atoms with Crippen LogP contribution in [0.5, 0.6) is 0 Å². The van der Waals surface area contributed by atoms with Gasteiger partial charge < -0.3 is 10.2 Å². The summed E-state index contributed by atoms with van der Waals surface area (Å²) in [5, 5.41) is 3.46. The van der Waals surface area contributed by atoms with Gasteiger partial charge in [-0.2, -0.15) is 0 Å². The summed E-state index contributed by atoms with van der Waals surface area (Å²) in [4.78, 5) is 32.0. The molecule has 1 unspecified atom stereocenters. The molecule has 0 spiro atoms. The van der Waals surface area contributed by atoms with Crippen LogP contribution in [0.15, 0.2) is 18.2 Å². The van der Waals surface area contributed by atoms with Gasteiger partial charge >= 0.3 is 0 Å². The Balaban J connectivity index is 1.74. The number of benzene rings is 1. The van der Waals surface area contributed by atoms with E-state index in [2.05, 4.69) is 10.3 Å². The molecule has 1 N–H and O–H groups in total. The molecule has 0 bridgehead atoms. The normalized spacial score (nSPS) is 17.4. The Labute approximate surface area is 145 Å². The summed E-state index contributed by atoms with van der Waals surface area (Å²) in [6.45, 7) is 8.34. The van der Waals surface area contributed by atoms with Crippen molar-refractivity contribution < 1.29 is 9.59 Å². The number of aryl methyl sites for hydroxylation is 3. The first-order chi connectivity index (χ1) is 11.4. The summed E-state index contributed by atoms with van der Waals surface area (Å²) < 4.78 is 0. The number of carbonyl (C=O) groups excluding carboxylic acids is 2. The highest BCUT2D eigenvalue weighted by Gasteiger charge is 2.36. The van der Waals surface area contributed by atoms with Crippen LogP contribution in [0.1, 0.15) is 28.1 Å². The molecule has 2 amide bonds. The molecule has 2 heterocycles. The maximum Gasteiger partial charge on any atom is 0.231 e. The molecule has 0 saturated carbocycles. The minimum Gasteiger partial charge on any atom is -0.311 e. The monoisotopic (exact) mass is 343 g/mol. The third kappa shape index (κ3) is 3.06. The molecule has 5 nitrogen and oxygen atoms in total. The third-order valence-electron chi connectivity index (χ3n) is 4.62. The smallest absolute Gasteiger partial charge is 0.231 e. The lowest BCUT2D eigenvalue weighted by Crippen LogP contribution is -2.28. The highest BCUT2D eigenvalue weighted by Crippen LogP contribution is 2.30. The van der Waals surface area contributed by atoms with Crippen LogP contribution < -0.4 is 10.2 Å². The summed E-state index contributed by atoms with van der Waals surface area (Å²) in [5.74, 6) is -0.484. The fraction of sp³-hybridized carbons (Fsp3) is 0.389. The number of hydrogen-bond donors (Lipinski definition) is 1. The molecular weight excluding hydrogens is 322 g/mol. The van der Waals surface area contributed by atoms with E-state index < -0.39 is 0 Å². The number of nitrogens with zero attached hydrogens (tertiary/aromatic N) is 2. The molecule has 3 rings (SSSR count). The standard InChI is InChI=1S/C18H21N3O2S/c1-10-6-5-7-15(11(10)2)21-9-14(8-16(21)22)17(23)20-18-19-12(3)13(4)24-18/h5-7,14H,8-9H2,1-4H3,(H,19,20,23). The molecule has 1 fully saturated rings. The van der Waals surface area contributed by atoms with Crippen molar-refractivity contribution in [2.75, 3.05) is 16.8 Å². The Kier molecular flexibility index (Phi) is 4.41. The molecular formula is C18H21N3O2S. The van der Waals surface area contributed by atoms with Crippen LogP contribution >= 0.6 is 11.3 Å². The predicted molar refractivity (Wildman–Crippen MR) is 96.6 cm³/mol. The van der Waals surface area contributed by atoms with Gasteiger partial charge in [0.05, 0.1) is 11.6 Å². The van der Waals surface area contributed by atoms with Gasteiger partial charge in [-0.05, 0) is 44.9 Å². The summed E-state index contributed by atoms with van der Waals surface area (Å²) in [5.41, 5.74) is 4.05. The zero-order valence-corrected chi connectivity index (χ0v) is 15.2. The van der Waals surface area contributed by atoms with E-state index in [1.54, 1.807) is 4.90 Å². The van der Waals surface area contributed by atoms with Crippen molar-refractivity contribution in [3.63, 3.8) is 0 Å². The van der Waals surface area contributed by atoms with Crippen molar-refractivity contribution in [1.29, 1.82) is 0 Å². The number of anilines is 2. The number of thiazole rings is 1. The minimum absolute atomic E-state index is 0.00431. The number of rotatable bonds is 3. The lowest BCUT2D eigenvalue weighted by molar-refractivity contribution is -0.122. The Bertz CT molecular complexity index is 793. The minimum atomic E-state index is -0.345. The van der Waals surface area contributed by atoms with E-state index in [9.17, 15) is 9.59 Å². The SMILES string of the molecule is Cc1cccc(N2CC(C(=O)Nc3nc(C)c(C)s3)CC2=O)c1C. The zero-order chi connectivity index (χ0) is 17.4. The molecule has 1 aromatic carbocycles. The van der Waals surface area contributed by atoms with Crippen molar-refractivity contribution in [3.8, 4) is 0 Å². The maximum absolute atomic E-state index is 12.5. The first kappa shape index (κ1) is 16.6. The third-order valence-corrected chi connectivity index (χ3v) is 5.61. The Morgan fingerprint density at radius 2 is 2.04 bits per heavy atom. The first-order valence-electron chi connectivity index (χ1n) is 7.98. The molecule has 1 aromatic heterocycles. The van der Waals surface area contributed by atoms with E-state index >= 15 is 0 Å². The average molecular weight is 343 g/mol. The van der Waals surface area contributed by atoms with Crippen LogP contribution in [0.3, 0.4) is 0 Å². The van der Waals surface area contributed by atoms with Gasteiger partial charge in [0.15, 0.2) is 5.13 Å². The van der Waals surface area contributed by atoms with Crippen molar-refractivity contribution in [2.45, 2.75) is 34.1 Å². The van der Waals surface area contributed by atoms with E-state index in [1.165, 1.54) is 11.3 Å². The molecule has 2 aromatic rings. The van der Waals surface area contributed by atoms with E-state index in [1.807, 2.05) is 45.9 Å². The van der Waals surface area contributed by atoms with Crippen molar-refractivity contribution in [1.82, 2.24) is 4.98 Å². The molecule has 24 heavy (non-hydrogen) atoms. The van der Waals surface area contributed by atoms with Gasteiger partial charge in [-0.3, -0.25) is 9.59 Å². The molecule has 0 radical (unpaired) electrons. The van der Waals surface area contributed by atoms with E-state index in [0.717, 1.165) is 27.4 Å². The fourth-order valence-electron chi connectivity index (χ4n) is 2.88. The highest BCUT2D eigenvalue weighted by atomic mass is 32.1. The topological polar surface area (TPSA) is 62.3 Å². The van der Waals surface area contributed by atoms with Crippen molar-refractivity contribution in [2.24, 2.45) is 5.92 Å². The van der Waals surface area contributed by atoms with Crippen LogP contribution in [0.2, 0.25) is 0 Å². The van der Waals surface area contributed by atoms with Crippen molar-refractivity contribution >= 4 is 34.0 Å². The first-order valence-corrected chi connectivity index (χ1v) is 8.80. The van der Waals surface area contributed by atoms with Gasteiger partial charge in [-0.1, -0.05) is 12.1 Å². The van der Waals surface area contributed by atoms with Crippen LogP contribution in [-0.2, 0) is 9.59 Å². The maximum atomic E-state index is 12.5. The molecule has 0 aliphatic carbocycles. The molecule has 1 atom stereocenters. The lowest BCUT2D eigenvalue weighted by atomic mass is 10.1. The van der Waals surface area contributed by atoms with Gasteiger partial charge in [-0.25, -0.2) is 4.98 Å². The fourth-order valence-corrected chi connectivity index (χ4v) is 3.70. The molecule has 1 saturated heterocycles. The van der Waals surface area contributed by atoms with E-state index in [-0.39, 0.29) is 24.2 Å². The van der Waals surface area contributed by atoms with Gasteiger partial charge in [-0.15, -0.1) is 11.3 Å². The Hall–Kier alpha value is -2.21. The lowest BCUT2D eigenvalue weighted by Gasteiger charge is -2.20. The van der Waals surface area contributed by atoms with Crippen LogP contribution in [0.4, 0.5) is 10.8 Å². The Morgan fingerprint density at radius 3 is 2.71 bits per heavy atom. The number of amides is 2. The molecule has 6 heteroatoms. The summed E-state index contributed by atoms with van der Waals surface area (Å²) in [7, 11) is 0. The van der Waals surface area contributed by atoms with Gasteiger partial charge in [0.2, 0.25) is 11.8 Å². The van der Waals surface area contributed by atoms with Crippen LogP contribution in [-0.4, -0.2) is 23.3 Å². The van der Waals surface area contributed by atoms with Gasteiger partial charge in [0.1, 0.15) is 0 Å². The van der Waals surface area contributed by atoms with Crippen LogP contribution in [0, 0.1) is 33.6 Å². The van der Waals surface area contributed by atoms with E-state index in [4.69, 9.17) is 0 Å². The number of nitrogens with one attached hydrogen (secondary N) is 1. The average Bonchev–Trinajstić information content (AvgIpc) is 3.05. The predicted octanol–water partition coefficient (Wildman–Crippen LogP) is 3.37. The van der Waals surface area contributed by atoms with Crippen LogP contribution in [0.25, 0.3) is 0 Å². The Morgan fingerprint density at radius 1 is 1.29 bits per heavy atom. The summed E-state index contributed by atoms with van der Waals surface area (Å²) in [6, 6.07) is 5.91. The summed E-state index contributed by atoms with van der Waals surface area (Å²) in [6.07, 6.45) is 0.239. The molecule has 126 valence electrons. The van der Waals surface area contributed by atoms with E-state index in [0.29, 0.717) is 11.7 Å². The van der Waals surface area contributed by atoms with Gasteiger partial charge in [0, 0.05) is 23.5 Å². The quantitative estimate of drug-likeness (QED) is 0.929. The highest BCUT2D eigenvalue weighted by molar-refractivity contribution is 7.15. The second-order valence-corrected chi connectivity index (χ2v) is 7.48. The zero-order valence-electron chi connectivity index (χ0n) is 14.3. The number of aromatic nitrogens is 1. The summed E-state index contributed by atoms with van der Waals surface area (Å²) >= 11 is 1.46. The van der Waals surface area contributed by atoms with Crippen molar-refractivity contribution in [3.05, 3.63) is 39.9 Å². The molecule has 1 aliphatic rings. The largest absolute Gasteiger partial charge is 0.311 e. The van der Waals surface area contributed by atoms with Gasteiger partial charge in [0.25, 0.3) is 0 Å². The number of hydrogen-bond acceptors (Lipinski definition) is 4. The second kappa shape index (κ2) is 6.36. The molecule has 1 aliphatic heterocycles. The second-order valence-electron chi connectivity index (χ2n) is 6.27. The number of carbonyl (C=O) groups is 2.